The third kappa shape index (κ3) is 4.49. The summed E-state index contributed by atoms with van der Waals surface area (Å²) in [6.07, 6.45) is 2.63. The molecule has 1 fully saturated rings. The van der Waals surface area contributed by atoms with Gasteiger partial charge in [-0.3, -0.25) is 0 Å². The summed E-state index contributed by atoms with van der Waals surface area (Å²) in [5, 5.41) is 0. The van der Waals surface area contributed by atoms with Crippen LogP contribution in [-0.2, 0) is 11.3 Å². The molecule has 0 aromatic heterocycles. The summed E-state index contributed by atoms with van der Waals surface area (Å²) in [6, 6.07) is 7.89. The van der Waals surface area contributed by atoms with Gasteiger partial charge in [0.05, 0.1) is 12.7 Å². The van der Waals surface area contributed by atoms with Crippen LogP contribution in [0.2, 0.25) is 0 Å². The van der Waals surface area contributed by atoms with E-state index in [1.54, 1.807) is 0 Å². The van der Waals surface area contributed by atoms with E-state index < -0.39 is 0 Å². The second-order valence-corrected chi connectivity index (χ2v) is 5.03. The van der Waals surface area contributed by atoms with Gasteiger partial charge in [-0.05, 0) is 26.0 Å². The lowest BCUT2D eigenvalue weighted by Crippen LogP contribution is -2.34. The van der Waals surface area contributed by atoms with Crippen molar-refractivity contribution in [2.24, 2.45) is 5.73 Å². The molecule has 0 atom stereocenters. The first-order valence-electron chi connectivity index (χ1n) is 7.00. The molecule has 1 heterocycles. The van der Waals surface area contributed by atoms with Crippen molar-refractivity contribution in [3.63, 3.8) is 0 Å². The van der Waals surface area contributed by atoms with E-state index in [1.807, 2.05) is 24.3 Å². The van der Waals surface area contributed by atoms with Gasteiger partial charge in [-0.25, -0.2) is 0 Å². The maximum absolute atomic E-state index is 5.84. The first-order valence-corrected chi connectivity index (χ1v) is 7.00. The van der Waals surface area contributed by atoms with Crippen LogP contribution in [0.4, 0.5) is 0 Å². The molecule has 0 bridgehead atoms. The van der Waals surface area contributed by atoms with E-state index in [4.69, 9.17) is 15.2 Å². The van der Waals surface area contributed by atoms with Crippen LogP contribution in [0.5, 0.6) is 5.75 Å². The van der Waals surface area contributed by atoms with Crippen LogP contribution in [0.25, 0.3) is 0 Å². The fourth-order valence-corrected chi connectivity index (χ4v) is 2.33. The minimum absolute atomic E-state index is 0.393. The molecule has 0 unspecified atom stereocenters. The number of benzene rings is 1. The van der Waals surface area contributed by atoms with Crippen molar-refractivity contribution >= 4 is 0 Å². The molecule has 106 valence electrons. The zero-order chi connectivity index (χ0) is 13.5. The van der Waals surface area contributed by atoms with E-state index in [1.165, 1.54) is 0 Å². The van der Waals surface area contributed by atoms with Crippen molar-refractivity contribution in [2.75, 3.05) is 33.4 Å². The summed E-state index contributed by atoms with van der Waals surface area (Å²) in [4.78, 5) is 2.34. The van der Waals surface area contributed by atoms with Crippen LogP contribution in [0.1, 0.15) is 18.4 Å². The van der Waals surface area contributed by atoms with Gasteiger partial charge in [0.2, 0.25) is 0 Å². The van der Waals surface area contributed by atoms with Gasteiger partial charge in [0.15, 0.2) is 0 Å². The molecule has 4 heteroatoms. The van der Waals surface area contributed by atoms with Crippen molar-refractivity contribution in [3.8, 4) is 5.75 Å². The number of hydrogen-bond donors (Lipinski definition) is 1. The number of hydrogen-bond acceptors (Lipinski definition) is 4. The first kappa shape index (κ1) is 14.3. The number of ether oxygens (including phenoxy) is 2. The molecule has 0 spiro atoms. The molecule has 0 radical (unpaired) electrons. The largest absolute Gasteiger partial charge is 0.491 e. The lowest BCUT2D eigenvalue weighted by molar-refractivity contribution is -0.000348. The highest BCUT2D eigenvalue weighted by Crippen LogP contribution is 2.17. The maximum atomic E-state index is 5.84. The number of rotatable bonds is 6. The molecule has 1 saturated heterocycles. The van der Waals surface area contributed by atoms with Crippen LogP contribution >= 0.6 is 0 Å². The number of nitrogens with two attached hydrogens (primary N) is 1. The molecule has 4 nitrogen and oxygen atoms in total. The number of likely N-dealkylation sites (tertiary alicyclic amines) is 1. The molecule has 1 aliphatic heterocycles. The SMILES string of the molecule is CN1CCC(OCCOc2ccccc2CN)CC1. The van der Waals surface area contributed by atoms with Gasteiger partial charge in [0.1, 0.15) is 12.4 Å². The summed E-state index contributed by atoms with van der Waals surface area (Å²) >= 11 is 0. The summed E-state index contributed by atoms with van der Waals surface area (Å²) in [5.74, 6) is 0.872. The second kappa shape index (κ2) is 7.48. The Hall–Kier alpha value is -1.10. The molecule has 2 N–H and O–H groups in total. The van der Waals surface area contributed by atoms with Crippen LogP contribution in [0.15, 0.2) is 24.3 Å². The van der Waals surface area contributed by atoms with Gasteiger partial charge in [-0.2, -0.15) is 0 Å². The van der Waals surface area contributed by atoms with Crippen LogP contribution in [0, 0.1) is 0 Å². The van der Waals surface area contributed by atoms with Gasteiger partial charge in [0, 0.05) is 25.2 Å². The van der Waals surface area contributed by atoms with Gasteiger partial charge in [-0.15, -0.1) is 0 Å². The van der Waals surface area contributed by atoms with E-state index >= 15 is 0 Å². The Morgan fingerprint density at radius 1 is 1.21 bits per heavy atom. The average molecular weight is 264 g/mol. The predicted octanol–water partition coefficient (Wildman–Crippen LogP) is 1.63. The molecular weight excluding hydrogens is 240 g/mol. The highest BCUT2D eigenvalue weighted by Gasteiger charge is 2.16. The van der Waals surface area contributed by atoms with Gasteiger partial charge < -0.3 is 20.1 Å². The van der Waals surface area contributed by atoms with Gasteiger partial charge in [0.25, 0.3) is 0 Å². The van der Waals surface area contributed by atoms with Crippen molar-refractivity contribution < 1.29 is 9.47 Å². The first-order chi connectivity index (χ1) is 9.29. The monoisotopic (exact) mass is 264 g/mol. The smallest absolute Gasteiger partial charge is 0.123 e. The Balaban J connectivity index is 1.66. The highest BCUT2D eigenvalue weighted by atomic mass is 16.5. The van der Waals surface area contributed by atoms with Crippen molar-refractivity contribution in [2.45, 2.75) is 25.5 Å². The van der Waals surface area contributed by atoms with Crippen molar-refractivity contribution in [1.82, 2.24) is 4.90 Å². The second-order valence-electron chi connectivity index (χ2n) is 5.03. The molecule has 0 amide bonds. The fourth-order valence-electron chi connectivity index (χ4n) is 2.33. The predicted molar refractivity (Wildman–Crippen MR) is 76.3 cm³/mol. The summed E-state index contributed by atoms with van der Waals surface area (Å²) in [7, 11) is 2.16. The lowest BCUT2D eigenvalue weighted by Gasteiger charge is -2.28. The molecule has 1 aliphatic rings. The topological polar surface area (TPSA) is 47.7 Å². The third-order valence-electron chi connectivity index (χ3n) is 3.55. The van der Waals surface area contributed by atoms with Crippen LogP contribution in [-0.4, -0.2) is 44.4 Å². The van der Waals surface area contributed by atoms with E-state index in [0.717, 1.165) is 37.2 Å². The van der Waals surface area contributed by atoms with Gasteiger partial charge >= 0.3 is 0 Å². The minimum atomic E-state index is 0.393. The molecule has 0 aliphatic carbocycles. The van der Waals surface area contributed by atoms with Crippen LogP contribution < -0.4 is 10.5 Å². The standard InChI is InChI=1S/C15H24N2O2/c1-17-8-6-14(7-9-17)18-10-11-19-15-5-3-2-4-13(15)12-16/h2-5,14H,6-12,16H2,1H3. The lowest BCUT2D eigenvalue weighted by atomic mass is 10.1. The molecule has 19 heavy (non-hydrogen) atoms. The van der Waals surface area contributed by atoms with Crippen LogP contribution in [0.3, 0.4) is 0 Å². The summed E-state index contributed by atoms with van der Waals surface area (Å²) < 4.78 is 11.6. The molecule has 1 aromatic carbocycles. The number of nitrogens with zero attached hydrogens (tertiary/aromatic N) is 1. The minimum Gasteiger partial charge on any atom is -0.491 e. The Morgan fingerprint density at radius 2 is 1.95 bits per heavy atom. The zero-order valence-corrected chi connectivity index (χ0v) is 11.7. The van der Waals surface area contributed by atoms with Gasteiger partial charge in [-0.1, -0.05) is 18.2 Å². The molecule has 2 rings (SSSR count). The maximum Gasteiger partial charge on any atom is 0.123 e. The van der Waals surface area contributed by atoms with Crippen molar-refractivity contribution in [3.05, 3.63) is 29.8 Å². The Labute approximate surface area is 115 Å². The van der Waals surface area contributed by atoms with E-state index in [9.17, 15) is 0 Å². The fraction of sp³-hybridized carbons (Fsp3) is 0.600. The number of para-hydroxylation sites is 1. The highest BCUT2D eigenvalue weighted by molar-refractivity contribution is 5.32. The molecular formula is C15H24N2O2. The van der Waals surface area contributed by atoms with E-state index in [0.29, 0.717) is 25.9 Å². The molecule has 1 aromatic rings. The zero-order valence-electron chi connectivity index (χ0n) is 11.7. The number of piperidine rings is 1. The average Bonchev–Trinajstić information content (AvgIpc) is 2.46. The Morgan fingerprint density at radius 3 is 2.68 bits per heavy atom. The normalized spacial score (nSPS) is 17.6. The van der Waals surface area contributed by atoms with E-state index in [-0.39, 0.29) is 0 Å². The Kier molecular flexibility index (Phi) is 5.63. The summed E-state index contributed by atoms with van der Waals surface area (Å²) in [5.41, 5.74) is 6.71. The quantitative estimate of drug-likeness (QED) is 0.793. The summed E-state index contributed by atoms with van der Waals surface area (Å²) in [6.45, 7) is 3.99. The Bertz CT molecular complexity index is 376. The third-order valence-corrected chi connectivity index (χ3v) is 3.55. The molecule has 0 saturated carbocycles. The van der Waals surface area contributed by atoms with E-state index in [2.05, 4.69) is 11.9 Å². The van der Waals surface area contributed by atoms with Crippen molar-refractivity contribution in [1.29, 1.82) is 0 Å².